The lowest BCUT2D eigenvalue weighted by Gasteiger charge is -2.13. The predicted octanol–water partition coefficient (Wildman–Crippen LogP) is 2.70. The van der Waals surface area contributed by atoms with Crippen molar-refractivity contribution in [1.82, 2.24) is 0 Å². The van der Waals surface area contributed by atoms with Crippen molar-refractivity contribution in [3.8, 4) is 6.07 Å². The van der Waals surface area contributed by atoms with E-state index < -0.39 is 0 Å². The molecule has 0 N–H and O–H groups in total. The number of hydrogen-bond acceptors (Lipinski definition) is 3. The molecule has 0 fully saturated rings. The van der Waals surface area contributed by atoms with Gasteiger partial charge in [-0.05, 0) is 32.4 Å². The summed E-state index contributed by atoms with van der Waals surface area (Å²) in [6.45, 7) is 4.81. The van der Waals surface area contributed by atoms with E-state index in [2.05, 4.69) is 6.07 Å². The van der Waals surface area contributed by atoms with Crippen molar-refractivity contribution in [2.45, 2.75) is 26.7 Å². The van der Waals surface area contributed by atoms with Gasteiger partial charge in [-0.3, -0.25) is 0 Å². The van der Waals surface area contributed by atoms with Crippen LogP contribution < -0.4 is 0 Å². The Balaban J connectivity index is 3.22. The minimum absolute atomic E-state index is 0.151. The molecule has 0 aliphatic heterocycles. The highest BCUT2D eigenvalue weighted by atomic mass is 32.2. The van der Waals surface area contributed by atoms with E-state index >= 15 is 0 Å². The van der Waals surface area contributed by atoms with Gasteiger partial charge < -0.3 is 4.74 Å². The Morgan fingerprint density at radius 3 is 2.62 bits per heavy atom. The van der Waals surface area contributed by atoms with E-state index in [1.807, 2.05) is 25.6 Å². The maximum Gasteiger partial charge on any atom is 0.0683 e. The molecule has 0 aromatic rings. The van der Waals surface area contributed by atoms with Crippen LogP contribution in [0, 0.1) is 16.7 Å². The molecule has 0 heterocycles. The van der Waals surface area contributed by atoms with Crippen LogP contribution in [0.1, 0.15) is 26.7 Å². The SMILES string of the molecule is COCCSCCCC(C)(C)C#N. The van der Waals surface area contributed by atoms with Crippen molar-refractivity contribution in [2.24, 2.45) is 5.41 Å². The summed E-state index contributed by atoms with van der Waals surface area (Å²) in [6, 6.07) is 2.31. The predicted molar refractivity (Wildman–Crippen MR) is 57.8 cm³/mol. The van der Waals surface area contributed by atoms with Gasteiger partial charge in [0.25, 0.3) is 0 Å². The van der Waals surface area contributed by atoms with Crippen molar-refractivity contribution in [2.75, 3.05) is 25.2 Å². The third-order valence-electron chi connectivity index (χ3n) is 1.82. The van der Waals surface area contributed by atoms with Crippen LogP contribution in [-0.4, -0.2) is 25.2 Å². The minimum Gasteiger partial charge on any atom is -0.384 e. The van der Waals surface area contributed by atoms with E-state index in [1.54, 1.807) is 7.11 Å². The molecule has 0 aliphatic carbocycles. The van der Waals surface area contributed by atoms with Gasteiger partial charge in [0.2, 0.25) is 0 Å². The molecule has 0 spiro atoms. The highest BCUT2D eigenvalue weighted by molar-refractivity contribution is 7.99. The monoisotopic (exact) mass is 201 g/mol. The van der Waals surface area contributed by atoms with E-state index in [1.165, 1.54) is 0 Å². The number of thioether (sulfide) groups is 1. The van der Waals surface area contributed by atoms with Crippen molar-refractivity contribution in [3.63, 3.8) is 0 Å². The van der Waals surface area contributed by atoms with Gasteiger partial charge in [-0.1, -0.05) is 0 Å². The van der Waals surface area contributed by atoms with Crippen LogP contribution in [-0.2, 0) is 4.74 Å². The summed E-state index contributed by atoms with van der Waals surface area (Å²) in [5, 5.41) is 8.76. The summed E-state index contributed by atoms with van der Waals surface area (Å²) in [7, 11) is 1.72. The smallest absolute Gasteiger partial charge is 0.0683 e. The molecule has 0 amide bonds. The number of nitriles is 1. The second-order valence-corrected chi connectivity index (χ2v) is 4.93. The Kier molecular flexibility index (Phi) is 7.12. The summed E-state index contributed by atoms with van der Waals surface area (Å²) < 4.78 is 4.94. The molecule has 0 atom stereocenters. The first-order chi connectivity index (χ1) is 6.12. The zero-order valence-corrected chi connectivity index (χ0v) is 9.62. The zero-order chi connectivity index (χ0) is 10.2. The van der Waals surface area contributed by atoms with Gasteiger partial charge in [-0.25, -0.2) is 0 Å². The fraction of sp³-hybridized carbons (Fsp3) is 0.900. The molecular formula is C10H19NOS. The Bertz CT molecular complexity index is 163. The summed E-state index contributed by atoms with van der Waals surface area (Å²) in [4.78, 5) is 0. The van der Waals surface area contributed by atoms with Gasteiger partial charge in [-0.15, -0.1) is 0 Å². The Morgan fingerprint density at radius 2 is 2.08 bits per heavy atom. The van der Waals surface area contributed by atoms with Crippen LogP contribution in [0.5, 0.6) is 0 Å². The van der Waals surface area contributed by atoms with Crippen LogP contribution in [0.3, 0.4) is 0 Å². The Morgan fingerprint density at radius 1 is 1.38 bits per heavy atom. The highest BCUT2D eigenvalue weighted by Crippen LogP contribution is 2.21. The average Bonchev–Trinajstić information content (AvgIpc) is 2.11. The maximum atomic E-state index is 8.76. The number of ether oxygens (including phenoxy) is 1. The van der Waals surface area contributed by atoms with Gasteiger partial charge in [-0.2, -0.15) is 17.0 Å². The molecule has 2 nitrogen and oxygen atoms in total. The number of hydrogen-bond donors (Lipinski definition) is 0. The summed E-state index contributed by atoms with van der Waals surface area (Å²) >= 11 is 1.89. The normalized spacial score (nSPS) is 11.2. The van der Waals surface area contributed by atoms with Crippen molar-refractivity contribution >= 4 is 11.8 Å². The van der Waals surface area contributed by atoms with Gasteiger partial charge in [0.1, 0.15) is 0 Å². The molecule has 0 unspecified atom stereocenters. The van der Waals surface area contributed by atoms with Crippen LogP contribution in [0.2, 0.25) is 0 Å². The lowest BCUT2D eigenvalue weighted by atomic mass is 9.90. The first kappa shape index (κ1) is 12.8. The molecule has 3 heteroatoms. The van der Waals surface area contributed by atoms with E-state index in [9.17, 15) is 0 Å². The third-order valence-corrected chi connectivity index (χ3v) is 2.86. The Labute approximate surface area is 85.7 Å². The molecule has 0 rings (SSSR count). The second kappa shape index (κ2) is 7.23. The topological polar surface area (TPSA) is 33.0 Å². The molecular weight excluding hydrogens is 182 g/mol. The largest absolute Gasteiger partial charge is 0.384 e. The van der Waals surface area contributed by atoms with Crippen LogP contribution in [0.4, 0.5) is 0 Å². The fourth-order valence-corrected chi connectivity index (χ4v) is 1.75. The minimum atomic E-state index is -0.151. The van der Waals surface area contributed by atoms with Gasteiger partial charge >= 0.3 is 0 Å². The Hall–Kier alpha value is -0.200. The fourth-order valence-electron chi connectivity index (χ4n) is 0.916. The van der Waals surface area contributed by atoms with Crippen molar-refractivity contribution in [1.29, 1.82) is 5.26 Å². The second-order valence-electron chi connectivity index (χ2n) is 3.70. The molecule has 0 saturated heterocycles. The summed E-state index contributed by atoms with van der Waals surface area (Å²) in [5.41, 5.74) is -0.151. The lowest BCUT2D eigenvalue weighted by molar-refractivity contribution is 0.218. The number of rotatable bonds is 7. The number of methoxy groups -OCH3 is 1. The molecule has 0 aliphatic rings. The quantitative estimate of drug-likeness (QED) is 0.594. The van der Waals surface area contributed by atoms with Crippen molar-refractivity contribution < 1.29 is 4.74 Å². The van der Waals surface area contributed by atoms with E-state index in [4.69, 9.17) is 10.00 Å². The lowest BCUT2D eigenvalue weighted by Crippen LogP contribution is -2.07. The first-order valence-corrected chi connectivity index (χ1v) is 5.76. The maximum absolute atomic E-state index is 8.76. The van der Waals surface area contributed by atoms with Gasteiger partial charge in [0, 0.05) is 12.9 Å². The molecule has 0 aromatic heterocycles. The standard InChI is InChI=1S/C10H19NOS/c1-10(2,9-11)5-4-7-13-8-6-12-3/h4-8H2,1-3H3. The van der Waals surface area contributed by atoms with Crippen LogP contribution in [0.25, 0.3) is 0 Å². The average molecular weight is 201 g/mol. The number of nitrogens with zero attached hydrogens (tertiary/aromatic N) is 1. The van der Waals surface area contributed by atoms with E-state index in [-0.39, 0.29) is 5.41 Å². The molecule has 0 radical (unpaired) electrons. The third kappa shape index (κ3) is 8.14. The van der Waals surface area contributed by atoms with Gasteiger partial charge in [0.15, 0.2) is 0 Å². The van der Waals surface area contributed by atoms with Gasteiger partial charge in [0.05, 0.1) is 18.1 Å². The summed E-state index contributed by atoms with van der Waals surface area (Å²) in [6.07, 6.45) is 2.11. The molecule has 0 saturated carbocycles. The van der Waals surface area contributed by atoms with Crippen molar-refractivity contribution in [3.05, 3.63) is 0 Å². The van der Waals surface area contributed by atoms with E-state index in [0.717, 1.165) is 31.0 Å². The zero-order valence-electron chi connectivity index (χ0n) is 8.80. The van der Waals surface area contributed by atoms with Crippen LogP contribution in [0.15, 0.2) is 0 Å². The molecule has 76 valence electrons. The molecule has 0 bridgehead atoms. The highest BCUT2D eigenvalue weighted by Gasteiger charge is 2.15. The summed E-state index contributed by atoms with van der Waals surface area (Å²) in [5.74, 6) is 2.19. The molecule has 13 heavy (non-hydrogen) atoms. The first-order valence-electron chi connectivity index (χ1n) is 4.60. The van der Waals surface area contributed by atoms with E-state index in [0.29, 0.717) is 0 Å². The molecule has 0 aromatic carbocycles. The van der Waals surface area contributed by atoms with Crippen LogP contribution >= 0.6 is 11.8 Å².